The molecule has 2 aliphatic rings. The summed E-state index contributed by atoms with van der Waals surface area (Å²) in [4.78, 5) is 27.6. The van der Waals surface area contributed by atoms with E-state index in [9.17, 15) is 14.0 Å². The molecule has 6 nitrogen and oxygen atoms in total. The maximum absolute atomic E-state index is 13.3. The van der Waals surface area contributed by atoms with Gasteiger partial charge in [0.05, 0.1) is 12.6 Å². The van der Waals surface area contributed by atoms with Crippen LogP contribution in [0.3, 0.4) is 0 Å². The Kier molecular flexibility index (Phi) is 8.49. The van der Waals surface area contributed by atoms with Gasteiger partial charge in [-0.2, -0.15) is 0 Å². The number of carbonyl (C=O) groups excluding carboxylic acids is 2. The number of amides is 2. The Morgan fingerprint density at radius 3 is 2.40 bits per heavy atom. The normalized spacial score (nSPS) is 19.3. The van der Waals surface area contributed by atoms with E-state index >= 15 is 0 Å². The lowest BCUT2D eigenvalue weighted by atomic mass is 9.93. The quantitative estimate of drug-likeness (QED) is 0.711. The average Bonchev–Trinajstić information content (AvgIpc) is 2.76. The van der Waals surface area contributed by atoms with Crippen LogP contribution in [-0.4, -0.2) is 55.2 Å². The monoisotopic (exact) mass is 420 g/mol. The number of quaternary nitrogens is 1. The smallest absolute Gasteiger partial charge is 0.409 e. The van der Waals surface area contributed by atoms with Crippen LogP contribution in [0.1, 0.15) is 57.4 Å². The lowest BCUT2D eigenvalue weighted by molar-refractivity contribution is -0.932. The van der Waals surface area contributed by atoms with Crippen molar-refractivity contribution >= 4 is 12.0 Å². The highest BCUT2D eigenvalue weighted by Gasteiger charge is 2.29. The molecule has 2 N–H and O–H groups in total. The molecule has 7 heteroatoms. The highest BCUT2D eigenvalue weighted by atomic mass is 19.1. The molecule has 2 fully saturated rings. The van der Waals surface area contributed by atoms with Crippen molar-refractivity contribution in [2.75, 3.05) is 26.2 Å². The third-order valence-electron chi connectivity index (χ3n) is 6.30. The summed E-state index contributed by atoms with van der Waals surface area (Å²) < 4.78 is 18.3. The fourth-order valence-electron chi connectivity index (χ4n) is 4.63. The van der Waals surface area contributed by atoms with Gasteiger partial charge in [-0.3, -0.25) is 4.79 Å². The van der Waals surface area contributed by atoms with Crippen LogP contribution in [0.25, 0.3) is 0 Å². The Bertz CT molecular complexity index is 683. The van der Waals surface area contributed by atoms with Crippen LogP contribution in [-0.2, 0) is 16.1 Å². The maximum atomic E-state index is 13.3. The molecule has 1 heterocycles. The largest absolute Gasteiger partial charge is 0.450 e. The van der Waals surface area contributed by atoms with E-state index in [1.54, 1.807) is 11.8 Å². The number of likely N-dealkylation sites (tertiary alicyclic amines) is 1. The summed E-state index contributed by atoms with van der Waals surface area (Å²) in [7, 11) is 0. The number of rotatable bonds is 7. The Morgan fingerprint density at radius 2 is 1.77 bits per heavy atom. The standard InChI is InChI=1S/C23H34FN3O3/c1-2-30-23(29)26-14-12-20(13-15-26)25-22(28)17-27(21-6-4-3-5-7-21)16-18-8-10-19(24)11-9-18/h8-11,20-21H,2-7,12-17H2,1H3,(H,25,28)/p+1. The van der Waals surface area contributed by atoms with Gasteiger partial charge in [0.25, 0.3) is 5.91 Å². The van der Waals surface area contributed by atoms with Gasteiger partial charge in [-0.05, 0) is 57.6 Å². The van der Waals surface area contributed by atoms with Gasteiger partial charge in [0.15, 0.2) is 6.54 Å². The molecule has 1 aliphatic heterocycles. The van der Waals surface area contributed by atoms with E-state index in [-0.39, 0.29) is 23.9 Å². The lowest BCUT2D eigenvalue weighted by Gasteiger charge is -2.33. The Hall–Kier alpha value is -2.15. The van der Waals surface area contributed by atoms with Gasteiger partial charge >= 0.3 is 6.09 Å². The topological polar surface area (TPSA) is 63.1 Å². The van der Waals surface area contributed by atoms with Crippen molar-refractivity contribution in [1.82, 2.24) is 10.2 Å². The molecule has 30 heavy (non-hydrogen) atoms. The van der Waals surface area contributed by atoms with Gasteiger partial charge in [0, 0.05) is 24.7 Å². The SMILES string of the molecule is CCOC(=O)N1CCC(NC(=O)C[NH+](Cc2ccc(F)cc2)C2CCCCC2)CC1. The van der Waals surface area contributed by atoms with Crippen LogP contribution >= 0.6 is 0 Å². The zero-order valence-electron chi connectivity index (χ0n) is 18.0. The van der Waals surface area contributed by atoms with Gasteiger partial charge in [0.2, 0.25) is 0 Å². The number of nitrogens with zero attached hydrogens (tertiary/aromatic N) is 1. The van der Waals surface area contributed by atoms with Crippen molar-refractivity contribution in [3.63, 3.8) is 0 Å². The molecule has 0 bridgehead atoms. The summed E-state index contributed by atoms with van der Waals surface area (Å²) in [5.74, 6) is -0.169. The minimum atomic E-state index is -0.269. The molecule has 1 unspecified atom stereocenters. The summed E-state index contributed by atoms with van der Waals surface area (Å²) in [6, 6.07) is 7.19. The lowest BCUT2D eigenvalue weighted by Crippen LogP contribution is -3.15. The van der Waals surface area contributed by atoms with Crippen LogP contribution in [0.5, 0.6) is 0 Å². The van der Waals surface area contributed by atoms with E-state index in [1.165, 1.54) is 36.3 Å². The molecule has 1 aromatic carbocycles. The molecule has 3 rings (SSSR count). The first-order chi connectivity index (χ1) is 14.5. The number of hydrogen-bond acceptors (Lipinski definition) is 3. The number of nitrogens with one attached hydrogen (secondary N) is 2. The molecule has 0 radical (unpaired) electrons. The van der Waals surface area contributed by atoms with Crippen molar-refractivity contribution in [1.29, 1.82) is 0 Å². The molecule has 1 saturated carbocycles. The predicted molar refractivity (Wildman–Crippen MR) is 113 cm³/mol. The molecular weight excluding hydrogens is 385 g/mol. The average molecular weight is 421 g/mol. The van der Waals surface area contributed by atoms with Gasteiger partial charge in [-0.1, -0.05) is 18.6 Å². The molecule has 1 aliphatic carbocycles. The highest BCUT2D eigenvalue weighted by molar-refractivity contribution is 5.77. The molecular formula is C23H35FN3O3+. The second-order valence-corrected chi connectivity index (χ2v) is 8.50. The number of ether oxygens (including phenoxy) is 1. The van der Waals surface area contributed by atoms with Crippen molar-refractivity contribution in [3.8, 4) is 0 Å². The number of carbonyl (C=O) groups is 2. The van der Waals surface area contributed by atoms with Gasteiger partial charge in [0.1, 0.15) is 12.4 Å². The van der Waals surface area contributed by atoms with E-state index in [1.807, 2.05) is 12.1 Å². The van der Waals surface area contributed by atoms with Crippen molar-refractivity contribution in [2.24, 2.45) is 0 Å². The van der Waals surface area contributed by atoms with E-state index in [2.05, 4.69) is 5.32 Å². The Labute approximate surface area is 178 Å². The first-order valence-corrected chi connectivity index (χ1v) is 11.3. The summed E-state index contributed by atoms with van der Waals surface area (Å²) in [5.41, 5.74) is 1.06. The number of hydrogen-bond donors (Lipinski definition) is 2. The van der Waals surface area contributed by atoms with Crippen LogP contribution in [0.4, 0.5) is 9.18 Å². The van der Waals surface area contributed by atoms with E-state index in [0.717, 1.165) is 37.8 Å². The summed E-state index contributed by atoms with van der Waals surface area (Å²) >= 11 is 0. The molecule has 1 saturated heterocycles. The third kappa shape index (κ3) is 6.69. The molecule has 0 aromatic heterocycles. The second kappa shape index (κ2) is 11.3. The second-order valence-electron chi connectivity index (χ2n) is 8.50. The molecule has 166 valence electrons. The zero-order valence-corrected chi connectivity index (χ0v) is 18.0. The Morgan fingerprint density at radius 1 is 1.10 bits per heavy atom. The highest BCUT2D eigenvalue weighted by Crippen LogP contribution is 2.16. The Balaban J connectivity index is 1.52. The van der Waals surface area contributed by atoms with E-state index < -0.39 is 0 Å². The van der Waals surface area contributed by atoms with Crippen LogP contribution in [0.15, 0.2) is 24.3 Å². The maximum Gasteiger partial charge on any atom is 0.409 e. The molecule has 1 aromatic rings. The minimum absolute atomic E-state index is 0.0623. The predicted octanol–water partition coefficient (Wildman–Crippen LogP) is 2.28. The van der Waals surface area contributed by atoms with Crippen molar-refractivity contribution < 1.29 is 23.6 Å². The third-order valence-corrected chi connectivity index (χ3v) is 6.30. The van der Waals surface area contributed by atoms with Crippen molar-refractivity contribution in [3.05, 3.63) is 35.6 Å². The first-order valence-electron chi connectivity index (χ1n) is 11.3. The summed E-state index contributed by atoms with van der Waals surface area (Å²) in [6.45, 7) is 4.57. The number of piperidine rings is 1. The van der Waals surface area contributed by atoms with Crippen molar-refractivity contribution in [2.45, 2.75) is 70.5 Å². The molecule has 0 spiro atoms. The molecule has 2 amide bonds. The fraction of sp³-hybridized carbons (Fsp3) is 0.652. The van der Waals surface area contributed by atoms with Gasteiger partial charge in [-0.25, -0.2) is 9.18 Å². The number of benzene rings is 1. The van der Waals surface area contributed by atoms with Crippen LogP contribution in [0, 0.1) is 5.82 Å². The zero-order chi connectivity index (χ0) is 21.3. The minimum Gasteiger partial charge on any atom is -0.450 e. The molecule has 1 atom stereocenters. The fourth-order valence-corrected chi connectivity index (χ4v) is 4.63. The van der Waals surface area contributed by atoms with E-state index in [4.69, 9.17) is 4.74 Å². The summed E-state index contributed by atoms with van der Waals surface area (Å²) in [6.07, 6.45) is 7.21. The van der Waals surface area contributed by atoms with Crippen LogP contribution in [0.2, 0.25) is 0 Å². The summed E-state index contributed by atoms with van der Waals surface area (Å²) in [5, 5.41) is 3.18. The van der Waals surface area contributed by atoms with Gasteiger partial charge < -0.3 is 19.9 Å². The van der Waals surface area contributed by atoms with E-state index in [0.29, 0.717) is 32.3 Å². The first kappa shape index (κ1) is 22.5. The van der Waals surface area contributed by atoms with Crippen LogP contribution < -0.4 is 10.2 Å². The number of halogens is 1. The van der Waals surface area contributed by atoms with Gasteiger partial charge in [-0.15, -0.1) is 0 Å².